The lowest BCUT2D eigenvalue weighted by Gasteiger charge is -2.38. The highest BCUT2D eigenvalue weighted by Crippen LogP contribution is 2.35. The fourth-order valence-corrected chi connectivity index (χ4v) is 3.33. The molecule has 4 nitrogen and oxygen atoms in total. The Morgan fingerprint density at radius 2 is 1.85 bits per heavy atom. The number of aromatic nitrogens is 1. The first kappa shape index (κ1) is 19.6. The Balaban J connectivity index is 1.78. The van der Waals surface area contributed by atoms with E-state index in [4.69, 9.17) is 16.3 Å². The van der Waals surface area contributed by atoms with Crippen molar-refractivity contribution in [3.63, 3.8) is 0 Å². The summed E-state index contributed by atoms with van der Waals surface area (Å²) in [6, 6.07) is 8.19. The molecule has 0 radical (unpaired) electrons. The lowest BCUT2D eigenvalue weighted by Crippen LogP contribution is -2.44. The number of hydrogen-bond acceptors (Lipinski definition) is 3. The normalized spacial score (nSPS) is 16.7. The average molecular weight is 399 g/mol. The predicted octanol–water partition coefficient (Wildman–Crippen LogP) is 4.23. The lowest BCUT2D eigenvalue weighted by atomic mass is 9.74. The van der Waals surface area contributed by atoms with E-state index in [1.807, 2.05) is 12.1 Å². The number of pyridine rings is 1. The van der Waals surface area contributed by atoms with Crippen molar-refractivity contribution in [3.8, 4) is 0 Å². The minimum absolute atomic E-state index is 0.122. The van der Waals surface area contributed by atoms with Crippen LogP contribution >= 0.6 is 11.6 Å². The van der Waals surface area contributed by atoms with E-state index in [9.17, 15) is 18.0 Å². The van der Waals surface area contributed by atoms with E-state index in [0.717, 1.165) is 17.8 Å². The molecule has 1 saturated heterocycles. The number of benzene rings is 1. The summed E-state index contributed by atoms with van der Waals surface area (Å²) in [7, 11) is 0. The van der Waals surface area contributed by atoms with Gasteiger partial charge in [0.15, 0.2) is 0 Å². The monoisotopic (exact) mass is 398 g/mol. The molecule has 0 unspecified atom stereocenters. The van der Waals surface area contributed by atoms with Crippen molar-refractivity contribution in [3.05, 3.63) is 64.4 Å². The number of alkyl halides is 3. The fourth-order valence-electron chi connectivity index (χ4n) is 3.20. The van der Waals surface area contributed by atoms with Crippen LogP contribution < -0.4 is 5.32 Å². The van der Waals surface area contributed by atoms with Crippen LogP contribution in [-0.2, 0) is 16.3 Å². The largest absolute Gasteiger partial charge is 0.417 e. The molecule has 1 amide bonds. The second kappa shape index (κ2) is 7.86. The van der Waals surface area contributed by atoms with Gasteiger partial charge in [-0.05, 0) is 36.6 Å². The SMILES string of the molecule is O=C(NCC1(c2ccc(Cl)cc2)CCOCC1)c1cncc(C(F)(F)F)c1. The standard InChI is InChI=1S/C19H18ClF3N2O2/c20-16-3-1-14(2-4-16)18(5-7-27-8-6-18)12-25-17(26)13-9-15(11-24-10-13)19(21,22)23/h1-4,9-11H,5-8,12H2,(H,25,26). The van der Waals surface area contributed by atoms with Crippen LogP contribution in [0.25, 0.3) is 0 Å². The topological polar surface area (TPSA) is 51.2 Å². The highest BCUT2D eigenvalue weighted by Gasteiger charge is 2.35. The van der Waals surface area contributed by atoms with E-state index in [0.29, 0.717) is 37.3 Å². The van der Waals surface area contributed by atoms with Crippen molar-refractivity contribution in [1.82, 2.24) is 10.3 Å². The lowest BCUT2D eigenvalue weighted by molar-refractivity contribution is -0.137. The number of rotatable bonds is 4. The first-order chi connectivity index (χ1) is 12.8. The van der Waals surface area contributed by atoms with Crippen molar-refractivity contribution < 1.29 is 22.7 Å². The zero-order valence-electron chi connectivity index (χ0n) is 14.4. The molecular weight excluding hydrogens is 381 g/mol. The van der Waals surface area contributed by atoms with Crippen LogP contribution in [0.3, 0.4) is 0 Å². The zero-order chi connectivity index (χ0) is 19.5. The van der Waals surface area contributed by atoms with Crippen molar-refractivity contribution >= 4 is 17.5 Å². The maximum Gasteiger partial charge on any atom is 0.417 e. The van der Waals surface area contributed by atoms with Gasteiger partial charge in [0.1, 0.15) is 0 Å². The Hall–Kier alpha value is -2.12. The quantitative estimate of drug-likeness (QED) is 0.838. The predicted molar refractivity (Wildman–Crippen MR) is 94.8 cm³/mol. The van der Waals surface area contributed by atoms with Gasteiger partial charge in [-0.25, -0.2) is 0 Å². The van der Waals surface area contributed by atoms with Gasteiger partial charge in [0, 0.05) is 42.6 Å². The molecule has 0 bridgehead atoms. The number of amides is 1. The summed E-state index contributed by atoms with van der Waals surface area (Å²) in [4.78, 5) is 16.0. The van der Waals surface area contributed by atoms with Gasteiger partial charge in [0.25, 0.3) is 5.91 Å². The Morgan fingerprint density at radius 1 is 1.19 bits per heavy atom. The van der Waals surface area contributed by atoms with Crippen LogP contribution in [0.1, 0.15) is 34.3 Å². The van der Waals surface area contributed by atoms with E-state index in [1.54, 1.807) is 12.1 Å². The van der Waals surface area contributed by atoms with Crippen LogP contribution in [0.4, 0.5) is 13.2 Å². The maximum absolute atomic E-state index is 12.8. The molecule has 2 aromatic rings. The Labute approximate surface area is 159 Å². The maximum atomic E-state index is 12.8. The molecule has 0 saturated carbocycles. The van der Waals surface area contributed by atoms with Crippen LogP contribution in [0.15, 0.2) is 42.7 Å². The van der Waals surface area contributed by atoms with Crippen LogP contribution in [0.2, 0.25) is 5.02 Å². The molecule has 1 aliphatic rings. The van der Waals surface area contributed by atoms with Crippen molar-refractivity contribution in [2.45, 2.75) is 24.4 Å². The third-order valence-electron chi connectivity index (χ3n) is 4.82. The Kier molecular flexibility index (Phi) is 5.72. The summed E-state index contributed by atoms with van der Waals surface area (Å²) >= 11 is 5.96. The summed E-state index contributed by atoms with van der Waals surface area (Å²) in [5, 5.41) is 3.38. The number of nitrogens with one attached hydrogen (secondary N) is 1. The number of carbonyl (C=O) groups excluding carboxylic acids is 1. The van der Waals surface area contributed by atoms with E-state index in [2.05, 4.69) is 10.3 Å². The van der Waals surface area contributed by atoms with Crippen molar-refractivity contribution in [2.24, 2.45) is 0 Å². The third-order valence-corrected chi connectivity index (χ3v) is 5.07. The molecule has 0 spiro atoms. The van der Waals surface area contributed by atoms with Gasteiger partial charge in [-0.1, -0.05) is 23.7 Å². The molecule has 0 atom stereocenters. The summed E-state index contributed by atoms with van der Waals surface area (Å²) in [6.07, 6.45) is -1.34. The molecule has 1 aliphatic heterocycles. The summed E-state index contributed by atoms with van der Waals surface area (Å²) in [5.74, 6) is -0.589. The van der Waals surface area contributed by atoms with Gasteiger partial charge in [0.05, 0.1) is 11.1 Å². The van der Waals surface area contributed by atoms with Gasteiger partial charge in [-0.2, -0.15) is 13.2 Å². The molecular formula is C19H18ClF3N2O2. The zero-order valence-corrected chi connectivity index (χ0v) is 15.1. The molecule has 1 fully saturated rings. The van der Waals surface area contributed by atoms with Gasteiger partial charge in [0.2, 0.25) is 0 Å². The minimum atomic E-state index is -4.55. The highest BCUT2D eigenvalue weighted by atomic mass is 35.5. The highest BCUT2D eigenvalue weighted by molar-refractivity contribution is 6.30. The first-order valence-corrected chi connectivity index (χ1v) is 8.82. The second-order valence-corrected chi connectivity index (χ2v) is 6.98. The van der Waals surface area contributed by atoms with E-state index in [-0.39, 0.29) is 17.5 Å². The molecule has 8 heteroatoms. The molecule has 1 aromatic heterocycles. The van der Waals surface area contributed by atoms with Crippen LogP contribution in [0, 0.1) is 0 Å². The van der Waals surface area contributed by atoms with Gasteiger partial charge in [-0.3, -0.25) is 9.78 Å². The molecule has 2 heterocycles. The van der Waals surface area contributed by atoms with Crippen molar-refractivity contribution in [1.29, 1.82) is 0 Å². The average Bonchev–Trinajstić information content (AvgIpc) is 2.67. The summed E-state index contributed by atoms with van der Waals surface area (Å²) in [6.45, 7) is 1.38. The molecule has 0 aliphatic carbocycles. The van der Waals surface area contributed by atoms with Gasteiger partial charge >= 0.3 is 6.18 Å². The Bertz CT molecular complexity index is 803. The molecule has 3 rings (SSSR count). The van der Waals surface area contributed by atoms with Crippen LogP contribution in [0.5, 0.6) is 0 Å². The minimum Gasteiger partial charge on any atom is -0.381 e. The van der Waals surface area contributed by atoms with E-state index < -0.39 is 17.6 Å². The summed E-state index contributed by atoms with van der Waals surface area (Å²) in [5.41, 5.74) is -0.414. The number of ether oxygens (including phenoxy) is 1. The van der Waals surface area contributed by atoms with E-state index >= 15 is 0 Å². The number of nitrogens with zero attached hydrogens (tertiary/aromatic N) is 1. The molecule has 1 N–H and O–H groups in total. The number of carbonyl (C=O) groups is 1. The number of halogens is 4. The van der Waals surface area contributed by atoms with E-state index in [1.165, 1.54) is 0 Å². The third kappa shape index (κ3) is 4.59. The molecule has 144 valence electrons. The van der Waals surface area contributed by atoms with Gasteiger partial charge in [-0.15, -0.1) is 0 Å². The summed E-state index contributed by atoms with van der Waals surface area (Å²) < 4.78 is 43.9. The first-order valence-electron chi connectivity index (χ1n) is 8.44. The Morgan fingerprint density at radius 3 is 2.48 bits per heavy atom. The number of hydrogen-bond donors (Lipinski definition) is 1. The molecule has 27 heavy (non-hydrogen) atoms. The molecule has 1 aromatic carbocycles. The van der Waals surface area contributed by atoms with Crippen LogP contribution in [-0.4, -0.2) is 30.6 Å². The fraction of sp³-hybridized carbons (Fsp3) is 0.368. The second-order valence-electron chi connectivity index (χ2n) is 6.54. The smallest absolute Gasteiger partial charge is 0.381 e. The van der Waals surface area contributed by atoms with Crippen molar-refractivity contribution in [2.75, 3.05) is 19.8 Å². The van der Waals surface area contributed by atoms with Gasteiger partial charge < -0.3 is 10.1 Å².